The van der Waals surface area contributed by atoms with Crippen LogP contribution in [0.3, 0.4) is 0 Å². The average molecular weight is 351 g/mol. The summed E-state index contributed by atoms with van der Waals surface area (Å²) >= 11 is 1.71. The lowest BCUT2D eigenvalue weighted by Gasteiger charge is -2.33. The molecule has 1 aromatic carbocycles. The summed E-state index contributed by atoms with van der Waals surface area (Å²) in [6.07, 6.45) is 7.27. The van der Waals surface area contributed by atoms with Crippen molar-refractivity contribution in [3.8, 4) is 0 Å². The molecule has 1 aromatic rings. The van der Waals surface area contributed by atoms with Crippen molar-refractivity contribution in [2.75, 3.05) is 33.0 Å². The van der Waals surface area contributed by atoms with Crippen LogP contribution in [-0.4, -0.2) is 59.9 Å². The van der Waals surface area contributed by atoms with E-state index in [9.17, 15) is 9.90 Å². The number of likely N-dealkylation sites (tertiary alicyclic amines) is 1. The maximum absolute atomic E-state index is 12.6. The highest BCUT2D eigenvalue weighted by molar-refractivity contribution is 7.98. The highest BCUT2D eigenvalue weighted by atomic mass is 32.2. The highest BCUT2D eigenvalue weighted by Gasteiger charge is 2.21. The van der Waals surface area contributed by atoms with Gasteiger partial charge in [0.05, 0.1) is 6.61 Å². The first kappa shape index (κ1) is 19.3. The molecule has 1 fully saturated rings. The van der Waals surface area contributed by atoms with Crippen molar-refractivity contribution in [1.29, 1.82) is 0 Å². The fraction of sp³-hybridized carbons (Fsp3) is 0.632. The van der Waals surface area contributed by atoms with E-state index in [1.54, 1.807) is 16.7 Å². The van der Waals surface area contributed by atoms with E-state index < -0.39 is 0 Å². The molecule has 1 amide bonds. The molecular formula is C19H30N2O2S. The predicted octanol–water partition coefficient (Wildman–Crippen LogP) is 2.99. The molecule has 1 saturated heterocycles. The van der Waals surface area contributed by atoms with Gasteiger partial charge in [-0.2, -0.15) is 0 Å². The number of amides is 1. The summed E-state index contributed by atoms with van der Waals surface area (Å²) in [6, 6.07) is 8.83. The van der Waals surface area contributed by atoms with Crippen LogP contribution in [0.5, 0.6) is 0 Å². The van der Waals surface area contributed by atoms with E-state index >= 15 is 0 Å². The summed E-state index contributed by atoms with van der Waals surface area (Å²) in [7, 11) is 2.16. The number of carbonyl (C=O) groups excluding carboxylic acids is 1. The Kier molecular flexibility index (Phi) is 8.09. The lowest BCUT2D eigenvalue weighted by atomic mass is 9.98. The fourth-order valence-electron chi connectivity index (χ4n) is 3.32. The van der Waals surface area contributed by atoms with Crippen molar-refractivity contribution in [2.45, 2.75) is 49.6 Å². The second kappa shape index (κ2) is 10.1. The summed E-state index contributed by atoms with van der Waals surface area (Å²) in [6.45, 7) is 2.14. The Morgan fingerprint density at radius 2 is 2.08 bits per heavy atom. The summed E-state index contributed by atoms with van der Waals surface area (Å²) < 4.78 is 0. The Hall–Kier alpha value is -1.04. The SMILES string of the molecule is CSc1ccc(CN(CCO)C(=O)CC[C@@H]2CCCCN2C)cc1. The number of benzene rings is 1. The van der Waals surface area contributed by atoms with Crippen LogP contribution in [0.1, 0.15) is 37.7 Å². The number of nitrogens with zero attached hydrogens (tertiary/aromatic N) is 2. The summed E-state index contributed by atoms with van der Waals surface area (Å²) in [4.78, 5) is 18.0. The van der Waals surface area contributed by atoms with Gasteiger partial charge in [-0.3, -0.25) is 4.79 Å². The largest absolute Gasteiger partial charge is 0.395 e. The van der Waals surface area contributed by atoms with Gasteiger partial charge >= 0.3 is 0 Å². The molecule has 1 heterocycles. The molecule has 5 heteroatoms. The van der Waals surface area contributed by atoms with Gasteiger partial charge in [-0.1, -0.05) is 18.6 Å². The van der Waals surface area contributed by atoms with Crippen LogP contribution in [0.2, 0.25) is 0 Å². The number of aliphatic hydroxyl groups excluding tert-OH is 1. The molecule has 24 heavy (non-hydrogen) atoms. The molecule has 1 N–H and O–H groups in total. The molecule has 0 spiro atoms. The number of rotatable bonds is 8. The van der Waals surface area contributed by atoms with Gasteiger partial charge in [-0.05, 0) is 56.8 Å². The Morgan fingerprint density at radius 1 is 1.33 bits per heavy atom. The molecule has 1 aliphatic heterocycles. The molecule has 4 nitrogen and oxygen atoms in total. The molecule has 0 aliphatic carbocycles. The highest BCUT2D eigenvalue weighted by Crippen LogP contribution is 2.20. The molecule has 1 aliphatic rings. The van der Waals surface area contributed by atoms with E-state index in [4.69, 9.17) is 0 Å². The van der Waals surface area contributed by atoms with Gasteiger partial charge in [0.2, 0.25) is 5.91 Å². The van der Waals surface area contributed by atoms with E-state index in [2.05, 4.69) is 42.5 Å². The number of hydrogen-bond acceptors (Lipinski definition) is 4. The third kappa shape index (κ3) is 5.80. The number of carbonyl (C=O) groups is 1. The van der Waals surface area contributed by atoms with E-state index in [0.29, 0.717) is 25.6 Å². The van der Waals surface area contributed by atoms with Crippen molar-refractivity contribution < 1.29 is 9.90 Å². The summed E-state index contributed by atoms with van der Waals surface area (Å²) in [5, 5.41) is 9.30. The van der Waals surface area contributed by atoms with Crippen molar-refractivity contribution in [3.63, 3.8) is 0 Å². The van der Waals surface area contributed by atoms with Crippen molar-refractivity contribution >= 4 is 17.7 Å². The second-order valence-corrected chi connectivity index (χ2v) is 7.44. The molecule has 2 rings (SSSR count). The zero-order valence-corrected chi connectivity index (χ0v) is 15.7. The minimum absolute atomic E-state index is 0.0119. The zero-order chi connectivity index (χ0) is 17.4. The van der Waals surface area contributed by atoms with Crippen LogP contribution in [0.25, 0.3) is 0 Å². The molecule has 0 radical (unpaired) electrons. The van der Waals surface area contributed by atoms with Crippen LogP contribution in [0.4, 0.5) is 0 Å². The van der Waals surface area contributed by atoms with Gasteiger partial charge in [-0.15, -0.1) is 11.8 Å². The van der Waals surface area contributed by atoms with Crippen LogP contribution in [0, 0.1) is 0 Å². The monoisotopic (exact) mass is 350 g/mol. The Morgan fingerprint density at radius 3 is 2.71 bits per heavy atom. The van der Waals surface area contributed by atoms with E-state index in [0.717, 1.165) is 18.5 Å². The average Bonchev–Trinajstić information content (AvgIpc) is 2.61. The minimum Gasteiger partial charge on any atom is -0.395 e. The quantitative estimate of drug-likeness (QED) is 0.732. The van der Waals surface area contributed by atoms with Gasteiger partial charge in [0, 0.05) is 30.4 Å². The number of hydrogen-bond donors (Lipinski definition) is 1. The first-order valence-corrected chi connectivity index (χ1v) is 10.1. The molecule has 0 bridgehead atoms. The van der Waals surface area contributed by atoms with Crippen LogP contribution < -0.4 is 0 Å². The van der Waals surface area contributed by atoms with Crippen LogP contribution >= 0.6 is 11.8 Å². The maximum atomic E-state index is 12.6. The minimum atomic E-state index is 0.0119. The van der Waals surface area contributed by atoms with Gasteiger partial charge in [0.25, 0.3) is 0 Å². The van der Waals surface area contributed by atoms with E-state index in [1.165, 1.54) is 24.2 Å². The Bertz CT molecular complexity index is 507. The molecular weight excluding hydrogens is 320 g/mol. The molecule has 0 unspecified atom stereocenters. The predicted molar refractivity (Wildman–Crippen MR) is 100 cm³/mol. The second-order valence-electron chi connectivity index (χ2n) is 6.56. The molecule has 134 valence electrons. The van der Waals surface area contributed by atoms with Crippen molar-refractivity contribution in [2.24, 2.45) is 0 Å². The summed E-state index contributed by atoms with van der Waals surface area (Å²) in [5.41, 5.74) is 1.12. The number of aliphatic hydroxyl groups is 1. The molecule has 0 saturated carbocycles. The topological polar surface area (TPSA) is 43.8 Å². The van der Waals surface area contributed by atoms with Crippen molar-refractivity contribution in [3.05, 3.63) is 29.8 Å². The standard InChI is InChI=1S/C19H30N2O2S/c1-20-12-4-3-5-17(20)8-11-19(23)21(13-14-22)15-16-6-9-18(24-2)10-7-16/h6-7,9-10,17,22H,3-5,8,11-15H2,1-2H3/t17-/m0/s1. The lowest BCUT2D eigenvalue weighted by Crippen LogP contribution is -2.38. The van der Waals surface area contributed by atoms with Gasteiger partial charge < -0.3 is 14.9 Å². The van der Waals surface area contributed by atoms with E-state index in [1.807, 2.05) is 0 Å². The molecule has 1 atom stereocenters. The van der Waals surface area contributed by atoms with Crippen LogP contribution in [0.15, 0.2) is 29.2 Å². The number of thioether (sulfide) groups is 1. The van der Waals surface area contributed by atoms with E-state index in [-0.39, 0.29) is 12.5 Å². The van der Waals surface area contributed by atoms with Gasteiger partial charge in [-0.25, -0.2) is 0 Å². The maximum Gasteiger partial charge on any atom is 0.223 e. The molecule has 0 aromatic heterocycles. The normalized spacial score (nSPS) is 18.5. The van der Waals surface area contributed by atoms with Crippen LogP contribution in [-0.2, 0) is 11.3 Å². The number of piperidine rings is 1. The smallest absolute Gasteiger partial charge is 0.223 e. The van der Waals surface area contributed by atoms with Crippen molar-refractivity contribution in [1.82, 2.24) is 9.80 Å². The Labute approximate surface area is 150 Å². The third-order valence-electron chi connectivity index (χ3n) is 4.87. The zero-order valence-electron chi connectivity index (χ0n) is 14.9. The summed E-state index contributed by atoms with van der Waals surface area (Å²) in [5.74, 6) is 0.150. The lowest BCUT2D eigenvalue weighted by molar-refractivity contribution is -0.132. The third-order valence-corrected chi connectivity index (χ3v) is 5.61. The first-order chi connectivity index (χ1) is 11.6. The van der Waals surface area contributed by atoms with Gasteiger partial charge in [0.1, 0.15) is 0 Å². The Balaban J connectivity index is 1.88. The van der Waals surface area contributed by atoms with Gasteiger partial charge in [0.15, 0.2) is 0 Å². The fourth-order valence-corrected chi connectivity index (χ4v) is 3.73. The first-order valence-electron chi connectivity index (χ1n) is 8.86.